The number of nitrogens with zero attached hydrogens (tertiary/aromatic N) is 2. The van der Waals surface area contributed by atoms with Crippen molar-refractivity contribution in [1.29, 1.82) is 0 Å². The van der Waals surface area contributed by atoms with E-state index in [1.807, 2.05) is 146 Å². The summed E-state index contributed by atoms with van der Waals surface area (Å²) in [5, 5.41) is 18.4. The van der Waals surface area contributed by atoms with E-state index in [-0.39, 0.29) is 80.2 Å². The van der Waals surface area contributed by atoms with Gasteiger partial charge in [-0.05, 0) is 116 Å². The number of aryl methyl sites for hydroxylation is 2. The number of Topliss-reactive ketones (excluding diaryl/α,β-unsaturated/α-hetero) is 1. The second-order valence-electron chi connectivity index (χ2n) is 26.9. The van der Waals surface area contributed by atoms with Gasteiger partial charge in [-0.2, -0.15) is 0 Å². The Hall–Kier alpha value is -8.06. The van der Waals surface area contributed by atoms with Gasteiger partial charge < -0.3 is 51.2 Å². The van der Waals surface area contributed by atoms with E-state index in [4.69, 9.17) is 9.47 Å². The van der Waals surface area contributed by atoms with E-state index < -0.39 is 94.6 Å². The highest BCUT2D eigenvalue weighted by Gasteiger charge is 2.48. The molecule has 2 aliphatic heterocycles. The number of carbonyl (C=O) groups excluding carboxylic acids is 8. The van der Waals surface area contributed by atoms with Crippen LogP contribution in [-0.2, 0) is 51.1 Å². The minimum atomic E-state index is -1.04. The number of carbonyl (C=O) groups is 8. The standard InChI is InChI=1S/C74H98N8O10/c1-11-49(2)66(84)80-65(74(7,8)9)72(90)82-46-58(43-63(82)70(88)79-61(54-34-22-15-23-35-54)48-92-41-25-31-52-28-18-13-19-29-52)77-68(86)56-38-36-55(37-39-56)67(85)76-57-42-62(81(45-57)71(89)59(73(4,5)6)44-64(83)50(3)75-10)69(87)78-60(53-32-20-14-21-33-53)47-91-40-24-30-51-26-16-12-17-27-51/h12-23,26-29,32-39,49-50,57-63,65,75H,11,24-25,30-31,40-48H2,1-10H3,(H,76,85)(H,77,86)(H,78,87)(H,79,88)(H,80,84)/t49-,50+,57+,58+,59-,60-,61-,62+,63+,65-/m1/s1. The molecule has 0 saturated carbocycles. The van der Waals surface area contributed by atoms with Crippen LogP contribution in [0, 0.1) is 22.7 Å². The third-order valence-electron chi connectivity index (χ3n) is 17.8. The molecule has 7 amide bonds. The van der Waals surface area contributed by atoms with Crippen molar-refractivity contribution in [3.05, 3.63) is 179 Å². The average Bonchev–Trinajstić information content (AvgIpc) is 1.61. The van der Waals surface area contributed by atoms with Crippen LogP contribution in [0.15, 0.2) is 146 Å². The normalized spacial score (nSPS) is 18.5. The van der Waals surface area contributed by atoms with Crippen LogP contribution in [0.1, 0.15) is 156 Å². The Morgan fingerprint density at radius 3 is 1.32 bits per heavy atom. The Kier molecular flexibility index (Phi) is 26.4. The summed E-state index contributed by atoms with van der Waals surface area (Å²) in [5.74, 6) is -4.26. The molecule has 0 aromatic heterocycles. The number of ketones is 1. The molecule has 2 saturated heterocycles. The summed E-state index contributed by atoms with van der Waals surface area (Å²) in [6, 6.07) is 39.3. The van der Waals surface area contributed by atoms with Crippen LogP contribution in [0.3, 0.4) is 0 Å². The lowest BCUT2D eigenvalue weighted by molar-refractivity contribution is -0.146. The van der Waals surface area contributed by atoms with Gasteiger partial charge in [0.05, 0.1) is 31.3 Å². The molecular weight excluding hydrogens is 1160 g/mol. The first-order valence-electron chi connectivity index (χ1n) is 32.7. The lowest BCUT2D eigenvalue weighted by Crippen LogP contribution is -2.58. The number of benzene rings is 5. The number of amides is 7. The number of hydrogen-bond donors (Lipinski definition) is 6. The SMILES string of the molecule is CC[C@@H](C)C(=O)N[C@H](C(=O)N1C[C@@H](NC(=O)c2ccc(C(=O)N[C@H]3C[C@@H](C(=O)N[C@H](COCCCc4ccccc4)c4ccccc4)N(C(=O)[C@@H](CC(=O)[C@H](C)NC)C(C)(C)C)C3)cc2)C[C@H]1C(=O)N[C@H](COCCCc1ccccc1)c1ccccc1)C(C)(C)C. The molecule has 494 valence electrons. The molecule has 0 bridgehead atoms. The zero-order valence-corrected chi connectivity index (χ0v) is 55.5. The minimum absolute atomic E-state index is 0.00592. The lowest BCUT2D eigenvalue weighted by Gasteiger charge is -2.36. The number of likely N-dealkylation sites (tertiary alicyclic amines) is 2. The van der Waals surface area contributed by atoms with Crippen molar-refractivity contribution in [3.63, 3.8) is 0 Å². The summed E-state index contributed by atoms with van der Waals surface area (Å²) < 4.78 is 12.4. The Morgan fingerprint density at radius 2 is 0.935 bits per heavy atom. The van der Waals surface area contributed by atoms with Crippen LogP contribution in [0.5, 0.6) is 0 Å². The van der Waals surface area contributed by atoms with E-state index in [0.29, 0.717) is 19.6 Å². The fourth-order valence-electron chi connectivity index (χ4n) is 11.8. The zero-order valence-electron chi connectivity index (χ0n) is 55.5. The van der Waals surface area contributed by atoms with E-state index in [1.165, 1.54) is 45.2 Å². The summed E-state index contributed by atoms with van der Waals surface area (Å²) >= 11 is 0. The highest BCUT2D eigenvalue weighted by Crippen LogP contribution is 2.35. The topological polar surface area (TPSA) is 234 Å². The molecule has 6 N–H and O–H groups in total. The number of likely N-dealkylation sites (N-methyl/N-ethyl adjacent to an activating group) is 1. The molecule has 0 spiro atoms. The number of rotatable bonds is 31. The van der Waals surface area contributed by atoms with E-state index in [0.717, 1.165) is 36.8 Å². The first kappa shape index (κ1) is 71.4. The van der Waals surface area contributed by atoms with Gasteiger partial charge in [0.25, 0.3) is 11.8 Å². The van der Waals surface area contributed by atoms with Crippen LogP contribution in [0.25, 0.3) is 0 Å². The Balaban J connectivity index is 1.06. The number of hydrogen-bond acceptors (Lipinski definition) is 11. The van der Waals surface area contributed by atoms with Crippen LogP contribution in [-0.4, -0.2) is 140 Å². The minimum Gasteiger partial charge on any atom is -0.379 e. The van der Waals surface area contributed by atoms with Gasteiger partial charge in [0.15, 0.2) is 0 Å². The summed E-state index contributed by atoms with van der Waals surface area (Å²) in [5.41, 5.74) is 3.04. The Labute approximate surface area is 544 Å². The Morgan fingerprint density at radius 1 is 0.533 bits per heavy atom. The summed E-state index contributed by atoms with van der Waals surface area (Å²) in [7, 11) is 1.69. The van der Waals surface area contributed by atoms with E-state index >= 15 is 0 Å². The highest BCUT2D eigenvalue weighted by atomic mass is 16.5. The maximum absolute atomic E-state index is 15.0. The number of nitrogens with one attached hydrogen (secondary N) is 6. The maximum Gasteiger partial charge on any atom is 0.251 e. The highest BCUT2D eigenvalue weighted by molar-refractivity contribution is 5.99. The smallest absolute Gasteiger partial charge is 0.251 e. The van der Waals surface area contributed by atoms with Crippen LogP contribution < -0.4 is 31.9 Å². The average molecular weight is 1260 g/mol. The summed E-state index contributed by atoms with van der Waals surface area (Å²) in [6.07, 6.45) is 3.86. The first-order chi connectivity index (χ1) is 43.9. The molecule has 2 fully saturated rings. The van der Waals surface area contributed by atoms with Crippen LogP contribution in [0.4, 0.5) is 0 Å². The van der Waals surface area contributed by atoms with E-state index in [1.54, 1.807) is 20.9 Å². The van der Waals surface area contributed by atoms with E-state index in [2.05, 4.69) is 56.2 Å². The van der Waals surface area contributed by atoms with Crippen molar-refractivity contribution in [1.82, 2.24) is 41.7 Å². The third-order valence-corrected chi connectivity index (χ3v) is 17.8. The number of ether oxygens (including phenoxy) is 2. The largest absolute Gasteiger partial charge is 0.379 e. The fraction of sp³-hybridized carbons (Fsp3) is 0.486. The Bertz CT molecular complexity index is 3000. The van der Waals surface area contributed by atoms with Crippen molar-refractivity contribution in [2.24, 2.45) is 22.7 Å². The molecule has 7 rings (SSSR count). The molecule has 2 aliphatic rings. The molecule has 0 unspecified atom stereocenters. The third kappa shape index (κ3) is 20.5. The van der Waals surface area contributed by atoms with Gasteiger partial charge in [0, 0.05) is 67.8 Å². The summed E-state index contributed by atoms with van der Waals surface area (Å²) in [6.45, 7) is 17.9. The van der Waals surface area contributed by atoms with Crippen molar-refractivity contribution < 1.29 is 47.8 Å². The maximum atomic E-state index is 15.0. The van der Waals surface area contributed by atoms with Crippen molar-refractivity contribution >= 4 is 47.1 Å². The lowest BCUT2D eigenvalue weighted by atomic mass is 9.76. The van der Waals surface area contributed by atoms with Crippen molar-refractivity contribution in [3.8, 4) is 0 Å². The monoisotopic (exact) mass is 1260 g/mol. The van der Waals surface area contributed by atoms with Gasteiger partial charge >= 0.3 is 0 Å². The van der Waals surface area contributed by atoms with Gasteiger partial charge in [-0.15, -0.1) is 0 Å². The van der Waals surface area contributed by atoms with E-state index in [9.17, 15) is 38.4 Å². The van der Waals surface area contributed by atoms with Gasteiger partial charge in [0.2, 0.25) is 29.5 Å². The van der Waals surface area contributed by atoms with Gasteiger partial charge in [-0.1, -0.05) is 177 Å². The predicted octanol–water partition coefficient (Wildman–Crippen LogP) is 8.91. The second-order valence-corrected chi connectivity index (χ2v) is 26.9. The molecule has 0 aliphatic carbocycles. The zero-order chi connectivity index (χ0) is 66.5. The molecular formula is C74H98N8O10. The molecule has 92 heavy (non-hydrogen) atoms. The molecule has 18 nitrogen and oxygen atoms in total. The fourth-order valence-corrected chi connectivity index (χ4v) is 11.8. The van der Waals surface area contributed by atoms with Gasteiger partial charge in [0.1, 0.15) is 23.9 Å². The van der Waals surface area contributed by atoms with Crippen molar-refractivity contribution in [2.75, 3.05) is 46.6 Å². The molecule has 10 atom stereocenters. The quantitative estimate of drug-likeness (QED) is 0.0229. The molecule has 18 heteroatoms. The summed E-state index contributed by atoms with van der Waals surface area (Å²) in [4.78, 5) is 118. The predicted molar refractivity (Wildman–Crippen MR) is 357 cm³/mol. The second kappa shape index (κ2) is 34.0. The molecule has 5 aromatic rings. The molecule has 5 aromatic carbocycles. The van der Waals surface area contributed by atoms with Gasteiger partial charge in [-0.25, -0.2) is 0 Å². The van der Waals surface area contributed by atoms with Crippen LogP contribution >= 0.6 is 0 Å². The van der Waals surface area contributed by atoms with Crippen molar-refractivity contribution in [2.45, 2.75) is 162 Å². The van der Waals surface area contributed by atoms with Gasteiger partial charge in [-0.3, -0.25) is 38.4 Å². The first-order valence-corrected chi connectivity index (χ1v) is 32.7. The molecule has 0 radical (unpaired) electrons. The van der Waals surface area contributed by atoms with Crippen LogP contribution in [0.2, 0.25) is 0 Å². The molecule has 2 heterocycles.